The summed E-state index contributed by atoms with van der Waals surface area (Å²) in [4.78, 5) is 0. The van der Waals surface area contributed by atoms with Gasteiger partial charge in [-0.2, -0.15) is 0 Å². The molecule has 70 valence electrons. The first-order valence-electron chi connectivity index (χ1n) is 4.88. The first-order chi connectivity index (χ1) is 6.13. The van der Waals surface area contributed by atoms with E-state index in [-0.39, 0.29) is 11.5 Å². The van der Waals surface area contributed by atoms with Gasteiger partial charge in [0.1, 0.15) is 0 Å². The van der Waals surface area contributed by atoms with Crippen molar-refractivity contribution in [2.45, 2.75) is 38.2 Å². The highest BCUT2D eigenvalue weighted by molar-refractivity contribution is 5.32. The fourth-order valence-corrected chi connectivity index (χ4v) is 2.04. The van der Waals surface area contributed by atoms with Crippen molar-refractivity contribution in [3.63, 3.8) is 0 Å². The van der Waals surface area contributed by atoms with Crippen molar-refractivity contribution < 1.29 is 5.11 Å². The van der Waals surface area contributed by atoms with Gasteiger partial charge in [0, 0.05) is 5.41 Å². The average molecular weight is 176 g/mol. The second kappa shape index (κ2) is 2.85. The lowest BCUT2D eigenvalue weighted by Gasteiger charge is -2.44. The Bertz CT molecular complexity index is 319. The smallest absolute Gasteiger partial charge is 0.0634 e. The van der Waals surface area contributed by atoms with Gasteiger partial charge in [0.25, 0.3) is 0 Å². The van der Waals surface area contributed by atoms with Crippen molar-refractivity contribution in [3.8, 4) is 0 Å². The molecular formula is C12H16O. The molecule has 13 heavy (non-hydrogen) atoms. The fourth-order valence-electron chi connectivity index (χ4n) is 2.04. The van der Waals surface area contributed by atoms with Crippen LogP contribution in [0.4, 0.5) is 0 Å². The third-order valence-electron chi connectivity index (χ3n) is 3.35. The van der Waals surface area contributed by atoms with Crippen LogP contribution in [0.1, 0.15) is 30.9 Å². The molecule has 0 aliphatic heterocycles. The Morgan fingerprint density at radius 1 is 1.46 bits per heavy atom. The summed E-state index contributed by atoms with van der Waals surface area (Å²) in [5.41, 5.74) is 2.58. The Hall–Kier alpha value is -0.820. The van der Waals surface area contributed by atoms with Gasteiger partial charge >= 0.3 is 0 Å². The van der Waals surface area contributed by atoms with E-state index in [1.54, 1.807) is 0 Å². The number of hydrogen-bond donors (Lipinski definition) is 1. The lowest BCUT2D eigenvalue weighted by Crippen LogP contribution is -2.46. The highest BCUT2D eigenvalue weighted by Crippen LogP contribution is 2.43. The quantitative estimate of drug-likeness (QED) is 0.696. The summed E-state index contributed by atoms with van der Waals surface area (Å²) in [5.74, 6) is 0. The van der Waals surface area contributed by atoms with Gasteiger partial charge in [-0.15, -0.1) is 0 Å². The molecule has 0 saturated heterocycles. The molecule has 0 heterocycles. The molecule has 1 N–H and O–H groups in total. The van der Waals surface area contributed by atoms with E-state index < -0.39 is 0 Å². The summed E-state index contributed by atoms with van der Waals surface area (Å²) >= 11 is 0. The van der Waals surface area contributed by atoms with Crippen molar-refractivity contribution in [1.29, 1.82) is 0 Å². The van der Waals surface area contributed by atoms with Crippen molar-refractivity contribution in [3.05, 3.63) is 35.4 Å². The van der Waals surface area contributed by atoms with Crippen LogP contribution in [0.5, 0.6) is 0 Å². The first-order valence-corrected chi connectivity index (χ1v) is 4.88. The van der Waals surface area contributed by atoms with Crippen molar-refractivity contribution in [2.75, 3.05) is 0 Å². The maximum atomic E-state index is 9.71. The van der Waals surface area contributed by atoms with Crippen molar-refractivity contribution in [2.24, 2.45) is 0 Å². The zero-order chi connectivity index (χ0) is 9.47. The zero-order valence-corrected chi connectivity index (χ0v) is 8.25. The van der Waals surface area contributed by atoms with Gasteiger partial charge in [0.15, 0.2) is 0 Å². The van der Waals surface area contributed by atoms with E-state index in [2.05, 4.69) is 38.1 Å². The largest absolute Gasteiger partial charge is 0.392 e. The van der Waals surface area contributed by atoms with Crippen LogP contribution in [0.25, 0.3) is 0 Å². The molecule has 2 unspecified atom stereocenters. The minimum absolute atomic E-state index is 0.0199. The molecule has 1 aliphatic rings. The highest BCUT2D eigenvalue weighted by Gasteiger charge is 2.42. The van der Waals surface area contributed by atoms with Crippen LogP contribution >= 0.6 is 0 Å². The standard InChI is InChI=1S/C12H16O/c1-9-4-3-5-10(8-9)12(2)7-6-11(12)13/h3-5,8,11,13H,6-7H2,1-2H3. The topological polar surface area (TPSA) is 20.2 Å². The molecule has 0 amide bonds. The van der Waals surface area contributed by atoms with Gasteiger partial charge in [-0.05, 0) is 25.3 Å². The van der Waals surface area contributed by atoms with Crippen LogP contribution in [0, 0.1) is 6.92 Å². The molecule has 2 rings (SSSR count). The average Bonchev–Trinajstić information content (AvgIpc) is 2.14. The molecule has 2 atom stereocenters. The number of benzene rings is 1. The van der Waals surface area contributed by atoms with Crippen LogP contribution < -0.4 is 0 Å². The predicted molar refractivity (Wildman–Crippen MR) is 53.8 cm³/mol. The molecule has 0 spiro atoms. The second-order valence-corrected chi connectivity index (χ2v) is 4.34. The molecule has 0 bridgehead atoms. The first kappa shape index (κ1) is 8.76. The fraction of sp³-hybridized carbons (Fsp3) is 0.500. The van der Waals surface area contributed by atoms with E-state index in [9.17, 15) is 5.11 Å². The van der Waals surface area contributed by atoms with Crippen LogP contribution in [0.15, 0.2) is 24.3 Å². The Balaban J connectivity index is 2.35. The number of aliphatic hydroxyl groups excluding tert-OH is 1. The molecule has 1 heteroatoms. The van der Waals surface area contributed by atoms with Gasteiger partial charge in [0.05, 0.1) is 6.10 Å². The summed E-state index contributed by atoms with van der Waals surface area (Å²) in [6, 6.07) is 8.47. The maximum absolute atomic E-state index is 9.71. The third kappa shape index (κ3) is 1.28. The second-order valence-electron chi connectivity index (χ2n) is 4.34. The molecule has 0 radical (unpaired) electrons. The molecule has 1 fully saturated rings. The van der Waals surface area contributed by atoms with Gasteiger partial charge in [-0.3, -0.25) is 0 Å². The number of aryl methyl sites for hydroxylation is 1. The van der Waals surface area contributed by atoms with Gasteiger partial charge in [-0.25, -0.2) is 0 Å². The normalized spacial score (nSPS) is 32.7. The van der Waals surface area contributed by atoms with Crippen molar-refractivity contribution >= 4 is 0 Å². The summed E-state index contributed by atoms with van der Waals surface area (Å²) in [5, 5.41) is 9.71. The molecular weight excluding hydrogens is 160 g/mol. The Morgan fingerprint density at radius 2 is 2.23 bits per heavy atom. The maximum Gasteiger partial charge on any atom is 0.0634 e. The van der Waals surface area contributed by atoms with Crippen molar-refractivity contribution in [1.82, 2.24) is 0 Å². The molecule has 1 aromatic carbocycles. The lowest BCUT2D eigenvalue weighted by molar-refractivity contribution is 0.00419. The van der Waals surface area contributed by atoms with E-state index in [0.29, 0.717) is 0 Å². The summed E-state index contributed by atoms with van der Waals surface area (Å²) in [6.07, 6.45) is 1.91. The van der Waals surface area contributed by atoms with E-state index in [1.165, 1.54) is 11.1 Å². The van der Waals surface area contributed by atoms with Crippen LogP contribution in [0.2, 0.25) is 0 Å². The van der Waals surface area contributed by atoms with Crippen LogP contribution in [0.3, 0.4) is 0 Å². The number of rotatable bonds is 1. The van der Waals surface area contributed by atoms with Crippen LogP contribution in [-0.4, -0.2) is 11.2 Å². The van der Waals surface area contributed by atoms with Crippen LogP contribution in [-0.2, 0) is 5.41 Å². The molecule has 0 aromatic heterocycles. The zero-order valence-electron chi connectivity index (χ0n) is 8.25. The molecule has 1 nitrogen and oxygen atoms in total. The van der Waals surface area contributed by atoms with E-state index >= 15 is 0 Å². The van der Waals surface area contributed by atoms with E-state index in [0.717, 1.165) is 12.8 Å². The van der Waals surface area contributed by atoms with E-state index in [1.807, 2.05) is 0 Å². The summed E-state index contributed by atoms with van der Waals surface area (Å²) in [7, 11) is 0. The highest BCUT2D eigenvalue weighted by atomic mass is 16.3. The summed E-state index contributed by atoms with van der Waals surface area (Å²) < 4.78 is 0. The minimum Gasteiger partial charge on any atom is -0.392 e. The monoisotopic (exact) mass is 176 g/mol. The Kier molecular flexibility index (Phi) is 1.92. The Morgan fingerprint density at radius 3 is 2.69 bits per heavy atom. The van der Waals surface area contributed by atoms with Gasteiger partial charge in [-0.1, -0.05) is 36.8 Å². The summed E-state index contributed by atoms with van der Waals surface area (Å²) in [6.45, 7) is 4.24. The SMILES string of the molecule is Cc1cccc(C2(C)CCC2O)c1. The lowest BCUT2D eigenvalue weighted by atomic mass is 9.63. The third-order valence-corrected chi connectivity index (χ3v) is 3.35. The molecule has 1 saturated carbocycles. The molecule has 1 aromatic rings. The van der Waals surface area contributed by atoms with E-state index in [4.69, 9.17) is 0 Å². The Labute approximate surface area is 79.4 Å². The van der Waals surface area contributed by atoms with Gasteiger partial charge < -0.3 is 5.11 Å². The number of aliphatic hydroxyl groups is 1. The number of hydrogen-bond acceptors (Lipinski definition) is 1. The molecule has 1 aliphatic carbocycles. The van der Waals surface area contributed by atoms with Gasteiger partial charge in [0.2, 0.25) is 0 Å². The predicted octanol–water partition coefficient (Wildman–Crippen LogP) is 2.41. The minimum atomic E-state index is -0.144.